The Morgan fingerprint density at radius 3 is 2.42 bits per heavy atom. The van der Waals surface area contributed by atoms with Crippen molar-refractivity contribution in [2.24, 2.45) is 0 Å². The molecule has 2 aromatic carbocycles. The monoisotopic (exact) mass is 328 g/mol. The lowest BCUT2D eigenvalue weighted by Crippen LogP contribution is -2.32. The zero-order chi connectivity index (χ0) is 17.4. The standard InChI is InChI=1S/C19H24N2O3/c1-14(2)15-8-4-6-10-17(15)24-13-12-20-19(22)21-16-9-5-7-11-18(16)23-3/h4-11,14H,12-13H2,1-3H3,(H2,20,21,22). The van der Waals surface area contributed by atoms with Crippen molar-refractivity contribution in [3.8, 4) is 11.5 Å². The summed E-state index contributed by atoms with van der Waals surface area (Å²) in [4.78, 5) is 11.9. The first-order valence-corrected chi connectivity index (χ1v) is 8.01. The number of carbonyl (C=O) groups is 1. The Morgan fingerprint density at radius 1 is 1.04 bits per heavy atom. The summed E-state index contributed by atoms with van der Waals surface area (Å²) >= 11 is 0. The van der Waals surface area contributed by atoms with Gasteiger partial charge in [-0.3, -0.25) is 0 Å². The van der Waals surface area contributed by atoms with Gasteiger partial charge in [-0.05, 0) is 29.7 Å². The van der Waals surface area contributed by atoms with Crippen LogP contribution in [0.3, 0.4) is 0 Å². The van der Waals surface area contributed by atoms with Crippen LogP contribution < -0.4 is 20.1 Å². The molecule has 2 rings (SSSR count). The minimum absolute atomic E-state index is 0.291. The maximum absolute atomic E-state index is 11.9. The summed E-state index contributed by atoms with van der Waals surface area (Å²) in [6.07, 6.45) is 0. The lowest BCUT2D eigenvalue weighted by Gasteiger charge is -2.14. The molecule has 0 saturated heterocycles. The second kappa shape index (κ2) is 8.82. The number of nitrogens with one attached hydrogen (secondary N) is 2. The van der Waals surface area contributed by atoms with Crippen molar-refractivity contribution in [1.29, 1.82) is 0 Å². The topological polar surface area (TPSA) is 59.6 Å². The number of anilines is 1. The predicted octanol–water partition coefficient (Wildman–Crippen LogP) is 4.02. The highest BCUT2D eigenvalue weighted by molar-refractivity contribution is 5.90. The molecule has 0 unspecified atom stereocenters. The van der Waals surface area contributed by atoms with E-state index in [4.69, 9.17) is 9.47 Å². The summed E-state index contributed by atoms with van der Waals surface area (Å²) < 4.78 is 11.0. The number of carbonyl (C=O) groups excluding carboxylic acids is 1. The molecule has 0 atom stereocenters. The summed E-state index contributed by atoms with van der Waals surface area (Å²) in [5, 5.41) is 5.53. The van der Waals surface area contributed by atoms with Gasteiger partial charge in [-0.25, -0.2) is 4.79 Å². The van der Waals surface area contributed by atoms with Crippen molar-refractivity contribution in [3.05, 3.63) is 54.1 Å². The molecule has 2 amide bonds. The minimum atomic E-state index is -0.291. The average molecular weight is 328 g/mol. The fraction of sp³-hybridized carbons (Fsp3) is 0.316. The van der Waals surface area contributed by atoms with Gasteiger partial charge in [-0.2, -0.15) is 0 Å². The fourth-order valence-electron chi connectivity index (χ4n) is 2.33. The Bertz CT molecular complexity index is 671. The molecule has 0 fully saturated rings. The SMILES string of the molecule is COc1ccccc1NC(=O)NCCOc1ccccc1C(C)C. The Kier molecular flexibility index (Phi) is 6.49. The van der Waals surface area contributed by atoms with Gasteiger partial charge in [0, 0.05) is 0 Å². The molecule has 0 spiro atoms. The molecule has 24 heavy (non-hydrogen) atoms. The van der Waals surface area contributed by atoms with Crippen molar-refractivity contribution in [3.63, 3.8) is 0 Å². The van der Waals surface area contributed by atoms with Crippen molar-refractivity contribution in [2.45, 2.75) is 19.8 Å². The molecule has 128 valence electrons. The van der Waals surface area contributed by atoms with E-state index in [1.165, 1.54) is 0 Å². The fourth-order valence-corrected chi connectivity index (χ4v) is 2.33. The third-order valence-electron chi connectivity index (χ3n) is 3.54. The van der Waals surface area contributed by atoms with Gasteiger partial charge >= 0.3 is 6.03 Å². The molecule has 5 heteroatoms. The highest BCUT2D eigenvalue weighted by atomic mass is 16.5. The van der Waals surface area contributed by atoms with E-state index in [-0.39, 0.29) is 6.03 Å². The van der Waals surface area contributed by atoms with E-state index < -0.39 is 0 Å². The number of methoxy groups -OCH3 is 1. The van der Waals surface area contributed by atoms with Gasteiger partial charge in [0.2, 0.25) is 0 Å². The molecule has 2 N–H and O–H groups in total. The van der Waals surface area contributed by atoms with Gasteiger partial charge < -0.3 is 20.1 Å². The molecule has 2 aromatic rings. The normalized spacial score (nSPS) is 10.3. The first-order valence-electron chi connectivity index (χ1n) is 8.01. The maximum atomic E-state index is 11.9. The van der Waals surface area contributed by atoms with Crippen LogP contribution in [0, 0.1) is 0 Å². The van der Waals surface area contributed by atoms with E-state index in [0.29, 0.717) is 30.5 Å². The molecule has 0 bridgehead atoms. The number of hydrogen-bond donors (Lipinski definition) is 2. The Hall–Kier alpha value is -2.69. The van der Waals surface area contributed by atoms with Crippen LogP contribution >= 0.6 is 0 Å². The molecule has 0 aliphatic carbocycles. The molecule has 0 saturated carbocycles. The van der Waals surface area contributed by atoms with Crippen molar-refractivity contribution >= 4 is 11.7 Å². The summed E-state index contributed by atoms with van der Waals surface area (Å²) in [5.41, 5.74) is 1.79. The van der Waals surface area contributed by atoms with E-state index in [2.05, 4.69) is 30.5 Å². The summed E-state index contributed by atoms with van der Waals surface area (Å²) in [7, 11) is 1.57. The lowest BCUT2D eigenvalue weighted by atomic mass is 10.0. The van der Waals surface area contributed by atoms with Gasteiger partial charge in [0.25, 0.3) is 0 Å². The van der Waals surface area contributed by atoms with Gasteiger partial charge in [-0.15, -0.1) is 0 Å². The average Bonchev–Trinajstić information content (AvgIpc) is 2.59. The van der Waals surface area contributed by atoms with E-state index in [1.807, 2.05) is 30.3 Å². The van der Waals surface area contributed by atoms with Crippen LogP contribution in [-0.2, 0) is 0 Å². The molecular formula is C19H24N2O3. The van der Waals surface area contributed by atoms with E-state index in [1.54, 1.807) is 19.2 Å². The van der Waals surface area contributed by atoms with Crippen LogP contribution in [0.5, 0.6) is 11.5 Å². The smallest absolute Gasteiger partial charge is 0.319 e. The van der Waals surface area contributed by atoms with Crippen molar-refractivity contribution in [1.82, 2.24) is 5.32 Å². The minimum Gasteiger partial charge on any atom is -0.495 e. The largest absolute Gasteiger partial charge is 0.495 e. The third kappa shape index (κ3) is 4.91. The highest BCUT2D eigenvalue weighted by Crippen LogP contribution is 2.25. The second-order valence-corrected chi connectivity index (χ2v) is 5.62. The third-order valence-corrected chi connectivity index (χ3v) is 3.54. The maximum Gasteiger partial charge on any atom is 0.319 e. The van der Waals surface area contributed by atoms with E-state index >= 15 is 0 Å². The van der Waals surface area contributed by atoms with Crippen LogP contribution in [0.4, 0.5) is 10.5 Å². The van der Waals surface area contributed by atoms with Crippen LogP contribution in [0.25, 0.3) is 0 Å². The first kappa shape index (κ1) is 17.7. The zero-order valence-electron chi connectivity index (χ0n) is 14.3. The van der Waals surface area contributed by atoms with Crippen LogP contribution in [0.15, 0.2) is 48.5 Å². The Morgan fingerprint density at radius 2 is 1.71 bits per heavy atom. The van der Waals surface area contributed by atoms with Gasteiger partial charge in [0.1, 0.15) is 18.1 Å². The number of amides is 2. The second-order valence-electron chi connectivity index (χ2n) is 5.62. The number of hydrogen-bond acceptors (Lipinski definition) is 3. The van der Waals surface area contributed by atoms with E-state index in [0.717, 1.165) is 11.3 Å². The van der Waals surface area contributed by atoms with Gasteiger partial charge in [0.15, 0.2) is 0 Å². The summed E-state index contributed by atoms with van der Waals surface area (Å²) in [6, 6.07) is 14.9. The molecule has 0 heterocycles. The summed E-state index contributed by atoms with van der Waals surface area (Å²) in [5.74, 6) is 1.87. The highest BCUT2D eigenvalue weighted by Gasteiger charge is 2.08. The van der Waals surface area contributed by atoms with Gasteiger partial charge in [0.05, 0.1) is 19.3 Å². The molecule has 0 radical (unpaired) electrons. The van der Waals surface area contributed by atoms with Crippen LogP contribution in [0.1, 0.15) is 25.3 Å². The quantitative estimate of drug-likeness (QED) is 0.755. The predicted molar refractivity (Wildman–Crippen MR) is 96.0 cm³/mol. The number of ether oxygens (including phenoxy) is 2. The van der Waals surface area contributed by atoms with Gasteiger partial charge in [-0.1, -0.05) is 44.2 Å². The molecule has 0 aliphatic rings. The number of urea groups is 1. The lowest BCUT2D eigenvalue weighted by molar-refractivity contribution is 0.247. The Labute approximate surface area is 143 Å². The number of para-hydroxylation sites is 3. The van der Waals surface area contributed by atoms with Crippen LogP contribution in [0.2, 0.25) is 0 Å². The van der Waals surface area contributed by atoms with Crippen molar-refractivity contribution in [2.75, 3.05) is 25.6 Å². The Balaban J connectivity index is 1.79. The molecular weight excluding hydrogens is 304 g/mol. The molecule has 5 nitrogen and oxygen atoms in total. The van der Waals surface area contributed by atoms with E-state index in [9.17, 15) is 4.79 Å². The number of benzene rings is 2. The molecule has 0 aliphatic heterocycles. The number of rotatable bonds is 7. The van der Waals surface area contributed by atoms with Crippen molar-refractivity contribution < 1.29 is 14.3 Å². The summed E-state index contributed by atoms with van der Waals surface area (Å²) in [6.45, 7) is 5.07. The first-order chi connectivity index (χ1) is 11.6. The van der Waals surface area contributed by atoms with Crippen LogP contribution in [-0.4, -0.2) is 26.3 Å². The molecule has 0 aromatic heterocycles. The zero-order valence-corrected chi connectivity index (χ0v) is 14.3.